The second-order valence-electron chi connectivity index (χ2n) is 8.56. The smallest absolute Gasteiger partial charge is 0.218 e. The molecule has 1 amide bonds. The topological polar surface area (TPSA) is 91.8 Å². The third-order valence-corrected chi connectivity index (χ3v) is 6.19. The quantitative estimate of drug-likeness (QED) is 0.528. The summed E-state index contributed by atoms with van der Waals surface area (Å²) in [5.41, 5.74) is 8.30. The van der Waals surface area contributed by atoms with Gasteiger partial charge in [0.25, 0.3) is 0 Å². The number of carbonyl (C=O) groups is 1. The molecule has 1 fully saturated rings. The fourth-order valence-corrected chi connectivity index (χ4v) is 4.40. The van der Waals surface area contributed by atoms with Crippen LogP contribution in [0.15, 0.2) is 48.5 Å². The summed E-state index contributed by atoms with van der Waals surface area (Å²) in [6.07, 6.45) is 2.38. The van der Waals surface area contributed by atoms with Crippen LogP contribution in [0, 0.1) is 11.3 Å². The van der Waals surface area contributed by atoms with E-state index < -0.39 is 0 Å². The Balaban J connectivity index is 1.75. The Kier molecular flexibility index (Phi) is 9.11. The van der Waals surface area contributed by atoms with E-state index >= 15 is 0 Å². The molecule has 1 aliphatic rings. The highest BCUT2D eigenvalue weighted by Crippen LogP contribution is 2.28. The summed E-state index contributed by atoms with van der Waals surface area (Å²) < 4.78 is 10.8. The van der Waals surface area contributed by atoms with Gasteiger partial charge in [-0.1, -0.05) is 12.1 Å². The Morgan fingerprint density at radius 2 is 1.94 bits per heavy atom. The number of methoxy groups -OCH3 is 1. The van der Waals surface area contributed by atoms with Gasteiger partial charge < -0.3 is 20.1 Å². The van der Waals surface area contributed by atoms with Crippen LogP contribution in [0.4, 0.5) is 5.69 Å². The number of piperidine rings is 1. The number of likely N-dealkylation sites (tertiary alicyclic amines) is 1. The Hall–Kier alpha value is -3.08. The first kappa shape index (κ1) is 24.6. The van der Waals surface area contributed by atoms with Crippen molar-refractivity contribution >= 4 is 11.6 Å². The normalized spacial score (nSPS) is 15.5. The SMILES string of the molecule is COCCOc1ccc(N(Cc2cccc(C#N)c2)C2CCN(C(C)CC(N)=O)CC2)cc1. The van der Waals surface area contributed by atoms with Gasteiger partial charge in [0.05, 0.1) is 18.2 Å². The zero-order chi connectivity index (χ0) is 23.6. The van der Waals surface area contributed by atoms with Crippen molar-refractivity contribution in [2.45, 2.75) is 44.8 Å². The van der Waals surface area contributed by atoms with E-state index in [1.165, 1.54) is 0 Å². The molecule has 33 heavy (non-hydrogen) atoms. The predicted molar refractivity (Wildman–Crippen MR) is 129 cm³/mol. The number of hydrogen-bond acceptors (Lipinski definition) is 6. The summed E-state index contributed by atoms with van der Waals surface area (Å²) in [4.78, 5) is 16.1. The largest absolute Gasteiger partial charge is 0.491 e. The number of primary amides is 1. The minimum absolute atomic E-state index is 0.160. The van der Waals surface area contributed by atoms with E-state index in [0.29, 0.717) is 31.2 Å². The zero-order valence-electron chi connectivity index (χ0n) is 19.6. The van der Waals surface area contributed by atoms with E-state index in [-0.39, 0.29) is 11.9 Å². The summed E-state index contributed by atoms with van der Waals surface area (Å²) in [6.45, 7) is 5.70. The van der Waals surface area contributed by atoms with Gasteiger partial charge in [0.15, 0.2) is 0 Å². The van der Waals surface area contributed by atoms with Crippen LogP contribution in [0.5, 0.6) is 5.75 Å². The van der Waals surface area contributed by atoms with Crippen molar-refractivity contribution in [2.75, 3.05) is 38.3 Å². The number of rotatable bonds is 11. The number of carbonyl (C=O) groups excluding carboxylic acids is 1. The lowest BCUT2D eigenvalue weighted by Crippen LogP contribution is -2.48. The molecule has 0 bridgehead atoms. The number of nitrogens with two attached hydrogens (primary N) is 1. The Morgan fingerprint density at radius 3 is 2.58 bits per heavy atom. The highest BCUT2D eigenvalue weighted by atomic mass is 16.5. The molecule has 1 saturated heterocycles. The van der Waals surface area contributed by atoms with Crippen molar-refractivity contribution in [3.8, 4) is 11.8 Å². The average molecular weight is 451 g/mol. The van der Waals surface area contributed by atoms with Gasteiger partial charge in [-0.25, -0.2) is 0 Å². The molecule has 1 heterocycles. The van der Waals surface area contributed by atoms with Crippen LogP contribution in [-0.4, -0.2) is 56.3 Å². The lowest BCUT2D eigenvalue weighted by Gasteiger charge is -2.41. The van der Waals surface area contributed by atoms with Crippen molar-refractivity contribution in [3.63, 3.8) is 0 Å². The molecule has 0 saturated carbocycles. The van der Waals surface area contributed by atoms with Gasteiger partial charge in [-0.05, 0) is 61.7 Å². The van der Waals surface area contributed by atoms with Crippen LogP contribution in [0.25, 0.3) is 0 Å². The van der Waals surface area contributed by atoms with Gasteiger partial charge >= 0.3 is 0 Å². The van der Waals surface area contributed by atoms with Crippen molar-refractivity contribution in [2.24, 2.45) is 5.73 Å². The van der Waals surface area contributed by atoms with Gasteiger partial charge in [-0.3, -0.25) is 9.69 Å². The third-order valence-electron chi connectivity index (χ3n) is 6.19. The van der Waals surface area contributed by atoms with Crippen molar-refractivity contribution in [3.05, 3.63) is 59.7 Å². The summed E-state index contributed by atoms with van der Waals surface area (Å²) in [5, 5.41) is 9.30. The second kappa shape index (κ2) is 12.2. The Labute approximate surface area is 196 Å². The molecule has 0 aliphatic carbocycles. The molecule has 176 valence electrons. The molecule has 7 heteroatoms. The first-order valence-corrected chi connectivity index (χ1v) is 11.5. The highest BCUT2D eigenvalue weighted by Gasteiger charge is 2.28. The molecule has 2 aromatic carbocycles. The van der Waals surface area contributed by atoms with E-state index in [0.717, 1.165) is 49.5 Å². The number of hydrogen-bond donors (Lipinski definition) is 1. The monoisotopic (exact) mass is 450 g/mol. The van der Waals surface area contributed by atoms with Crippen LogP contribution in [0.3, 0.4) is 0 Å². The molecular weight excluding hydrogens is 416 g/mol. The van der Waals surface area contributed by atoms with Gasteiger partial charge in [-0.2, -0.15) is 5.26 Å². The number of ether oxygens (including phenoxy) is 2. The van der Waals surface area contributed by atoms with Crippen molar-refractivity contribution in [1.29, 1.82) is 5.26 Å². The predicted octanol–water partition coefficient (Wildman–Crippen LogP) is 3.32. The van der Waals surface area contributed by atoms with E-state index in [1.807, 2.05) is 30.3 Å². The van der Waals surface area contributed by atoms with Crippen LogP contribution in [0.1, 0.15) is 37.3 Å². The molecular formula is C26H34N4O3. The second-order valence-corrected chi connectivity index (χ2v) is 8.56. The molecule has 1 unspecified atom stereocenters. The maximum atomic E-state index is 11.3. The average Bonchev–Trinajstić information content (AvgIpc) is 2.83. The van der Waals surface area contributed by atoms with Gasteiger partial charge in [0.1, 0.15) is 12.4 Å². The standard InChI is InChI=1S/C26H34N4O3/c1-20(16-26(28)31)29-12-10-24(11-13-29)30(19-22-5-3-4-21(17-22)18-27)23-6-8-25(9-7-23)33-15-14-32-2/h3-9,17,20,24H,10-16,19H2,1-2H3,(H2,28,31). The minimum atomic E-state index is -0.253. The fraction of sp³-hybridized carbons (Fsp3) is 0.462. The molecule has 2 N–H and O–H groups in total. The van der Waals surface area contributed by atoms with Crippen LogP contribution in [-0.2, 0) is 16.1 Å². The summed E-state index contributed by atoms with van der Waals surface area (Å²) in [7, 11) is 1.66. The van der Waals surface area contributed by atoms with Gasteiger partial charge in [-0.15, -0.1) is 0 Å². The third kappa shape index (κ3) is 7.21. The van der Waals surface area contributed by atoms with Crippen LogP contribution >= 0.6 is 0 Å². The molecule has 2 aromatic rings. The van der Waals surface area contributed by atoms with Crippen LogP contribution in [0.2, 0.25) is 0 Å². The molecule has 1 aliphatic heterocycles. The summed E-state index contributed by atoms with van der Waals surface area (Å²) in [5.74, 6) is 0.564. The van der Waals surface area contributed by atoms with Crippen molar-refractivity contribution < 1.29 is 14.3 Å². The molecule has 3 rings (SSSR count). The summed E-state index contributed by atoms with van der Waals surface area (Å²) >= 11 is 0. The maximum absolute atomic E-state index is 11.3. The van der Waals surface area contributed by atoms with Gasteiger partial charge in [0.2, 0.25) is 5.91 Å². The van der Waals surface area contributed by atoms with E-state index in [4.69, 9.17) is 15.2 Å². The molecule has 0 radical (unpaired) electrons. The lowest BCUT2D eigenvalue weighted by molar-refractivity contribution is -0.119. The molecule has 0 aromatic heterocycles. The highest BCUT2D eigenvalue weighted by molar-refractivity contribution is 5.74. The number of amides is 1. The van der Waals surface area contributed by atoms with Crippen LogP contribution < -0.4 is 15.4 Å². The zero-order valence-corrected chi connectivity index (χ0v) is 19.6. The number of nitriles is 1. The maximum Gasteiger partial charge on any atom is 0.218 e. The van der Waals surface area contributed by atoms with Crippen molar-refractivity contribution in [1.82, 2.24) is 4.90 Å². The van der Waals surface area contributed by atoms with E-state index in [9.17, 15) is 10.1 Å². The number of anilines is 1. The number of nitrogens with zero attached hydrogens (tertiary/aromatic N) is 3. The van der Waals surface area contributed by atoms with E-state index in [2.05, 4.69) is 41.0 Å². The molecule has 7 nitrogen and oxygen atoms in total. The first-order valence-electron chi connectivity index (χ1n) is 11.5. The van der Waals surface area contributed by atoms with Gasteiger partial charge in [0, 0.05) is 50.9 Å². The number of benzene rings is 2. The first-order chi connectivity index (χ1) is 16.0. The summed E-state index contributed by atoms with van der Waals surface area (Å²) in [6, 6.07) is 18.7. The lowest BCUT2D eigenvalue weighted by atomic mass is 9.99. The molecule has 0 spiro atoms. The Bertz CT molecular complexity index is 933. The molecule has 1 atom stereocenters. The minimum Gasteiger partial charge on any atom is -0.491 e. The fourth-order valence-electron chi connectivity index (χ4n) is 4.40. The van der Waals surface area contributed by atoms with E-state index in [1.54, 1.807) is 7.11 Å². The Morgan fingerprint density at radius 1 is 1.21 bits per heavy atom.